The second kappa shape index (κ2) is 11.1. The van der Waals surface area contributed by atoms with Crippen LogP contribution in [0.25, 0.3) is 0 Å². The summed E-state index contributed by atoms with van der Waals surface area (Å²) < 4.78 is 41.6. The number of benzene rings is 1. The van der Waals surface area contributed by atoms with Gasteiger partial charge < -0.3 is 19.1 Å². The molecule has 186 valence electrons. The fourth-order valence-corrected chi connectivity index (χ4v) is 3.18. The highest BCUT2D eigenvalue weighted by Crippen LogP contribution is 2.34. The van der Waals surface area contributed by atoms with Crippen molar-refractivity contribution >= 4 is 17.5 Å². The maximum atomic E-state index is 12.9. The van der Waals surface area contributed by atoms with Gasteiger partial charge in [0.2, 0.25) is 0 Å². The van der Waals surface area contributed by atoms with Gasteiger partial charge in [0.15, 0.2) is 5.75 Å². The molecule has 0 saturated carbocycles. The van der Waals surface area contributed by atoms with Crippen molar-refractivity contribution < 1.29 is 27.8 Å². The minimum atomic E-state index is -3.02. The van der Waals surface area contributed by atoms with E-state index in [1.165, 1.54) is 6.07 Å². The van der Waals surface area contributed by atoms with Crippen molar-refractivity contribution in [2.75, 3.05) is 4.90 Å². The molecule has 3 aromatic rings. The molecule has 0 saturated heterocycles. The molecule has 2 aromatic heterocycles. The Morgan fingerprint density at radius 2 is 1.83 bits per heavy atom. The number of esters is 1. The molecule has 0 atom stereocenters. The van der Waals surface area contributed by atoms with Crippen molar-refractivity contribution in [3.63, 3.8) is 0 Å². The summed E-state index contributed by atoms with van der Waals surface area (Å²) in [5, 5.41) is 0. The lowest BCUT2D eigenvalue weighted by molar-refractivity contribution is -0.0523. The average Bonchev–Trinajstić information content (AvgIpc) is 2.78. The molecule has 0 amide bonds. The Hall–Kier alpha value is -3.75. The third kappa shape index (κ3) is 7.63. The Morgan fingerprint density at radius 3 is 2.46 bits per heavy atom. The van der Waals surface area contributed by atoms with Gasteiger partial charge in [-0.05, 0) is 76.6 Å². The van der Waals surface area contributed by atoms with Crippen LogP contribution in [0.1, 0.15) is 50.5 Å². The molecule has 2 heterocycles. The molecule has 0 aliphatic heterocycles. The molecule has 9 heteroatoms. The molecular formula is C26H29F2N3O4. The monoisotopic (exact) mass is 485 g/mol. The van der Waals surface area contributed by atoms with Gasteiger partial charge in [0.25, 0.3) is 5.88 Å². The van der Waals surface area contributed by atoms with Gasteiger partial charge in [-0.2, -0.15) is 13.8 Å². The molecular weight excluding hydrogens is 456 g/mol. The number of rotatable bonds is 9. The number of pyridine rings is 2. The zero-order valence-electron chi connectivity index (χ0n) is 20.4. The molecule has 0 radical (unpaired) electrons. The molecule has 3 rings (SSSR count). The predicted molar refractivity (Wildman–Crippen MR) is 128 cm³/mol. The number of carbonyl (C=O) groups excluding carboxylic acids is 1. The normalized spacial score (nSPS) is 11.5. The predicted octanol–water partition coefficient (Wildman–Crippen LogP) is 6.16. The molecule has 0 spiro atoms. The topological polar surface area (TPSA) is 73.8 Å². The second-order valence-electron chi connectivity index (χ2n) is 9.02. The lowest BCUT2D eigenvalue weighted by Gasteiger charge is -2.26. The highest BCUT2D eigenvalue weighted by Gasteiger charge is 2.21. The van der Waals surface area contributed by atoms with Gasteiger partial charge >= 0.3 is 12.6 Å². The summed E-state index contributed by atoms with van der Waals surface area (Å²) in [4.78, 5) is 23.1. The molecule has 35 heavy (non-hydrogen) atoms. The van der Waals surface area contributed by atoms with Crippen molar-refractivity contribution in [3.8, 4) is 11.6 Å². The minimum Gasteiger partial charge on any atom is -0.472 e. The van der Waals surface area contributed by atoms with Crippen LogP contribution in [-0.4, -0.2) is 34.3 Å². The summed E-state index contributed by atoms with van der Waals surface area (Å²) >= 11 is 0. The summed E-state index contributed by atoms with van der Waals surface area (Å²) in [6.07, 6.45) is 3.06. The molecule has 0 unspecified atom stereocenters. The van der Waals surface area contributed by atoms with Crippen LogP contribution >= 0.6 is 0 Å². The van der Waals surface area contributed by atoms with Crippen molar-refractivity contribution in [2.45, 2.75) is 59.5 Å². The maximum absolute atomic E-state index is 12.9. The van der Waals surface area contributed by atoms with Gasteiger partial charge in [-0.15, -0.1) is 0 Å². The van der Waals surface area contributed by atoms with Gasteiger partial charge in [0.05, 0.1) is 18.2 Å². The van der Waals surface area contributed by atoms with Crippen LogP contribution in [-0.2, 0) is 11.3 Å². The number of anilines is 2. The summed E-state index contributed by atoms with van der Waals surface area (Å²) in [7, 11) is 0. The highest BCUT2D eigenvalue weighted by atomic mass is 19.3. The fourth-order valence-electron chi connectivity index (χ4n) is 3.18. The number of carbonyl (C=O) groups is 1. The molecule has 0 N–H and O–H groups in total. The molecule has 0 aliphatic carbocycles. The quantitative estimate of drug-likeness (QED) is 0.336. The van der Waals surface area contributed by atoms with Crippen LogP contribution < -0.4 is 14.4 Å². The first-order valence-corrected chi connectivity index (χ1v) is 11.1. The Labute approximate surface area is 203 Å². The maximum Gasteiger partial charge on any atom is 0.387 e. The van der Waals surface area contributed by atoms with Crippen molar-refractivity contribution in [3.05, 3.63) is 72.1 Å². The van der Waals surface area contributed by atoms with Gasteiger partial charge in [0, 0.05) is 18.1 Å². The average molecular weight is 486 g/mol. The fraction of sp³-hybridized carbons (Fsp3) is 0.346. The van der Waals surface area contributed by atoms with Crippen molar-refractivity contribution in [1.29, 1.82) is 0 Å². The first-order valence-electron chi connectivity index (χ1n) is 11.1. The Balaban J connectivity index is 2.06. The molecule has 0 aliphatic rings. The number of hydrogen-bond acceptors (Lipinski definition) is 7. The lowest BCUT2D eigenvalue weighted by atomic mass is 10.1. The van der Waals surface area contributed by atoms with E-state index >= 15 is 0 Å². The van der Waals surface area contributed by atoms with Gasteiger partial charge in [-0.1, -0.05) is 12.1 Å². The second-order valence-corrected chi connectivity index (χ2v) is 9.02. The van der Waals surface area contributed by atoms with Crippen LogP contribution in [0.15, 0.2) is 60.9 Å². The van der Waals surface area contributed by atoms with Crippen LogP contribution in [0, 0.1) is 0 Å². The van der Waals surface area contributed by atoms with Gasteiger partial charge in [-0.3, -0.25) is 4.98 Å². The summed E-state index contributed by atoms with van der Waals surface area (Å²) in [6, 6.07) is 13.6. The van der Waals surface area contributed by atoms with E-state index in [0.29, 0.717) is 23.6 Å². The summed E-state index contributed by atoms with van der Waals surface area (Å²) in [5.41, 5.74) is 1.23. The minimum absolute atomic E-state index is 0.0581. The van der Waals surface area contributed by atoms with Crippen LogP contribution in [0.5, 0.6) is 11.6 Å². The SMILES string of the molecule is CC(C)Oc1nc(N(Cc2cccnc2)c2cccc(C(=O)OC(C)(C)C)c2)ccc1OC(F)F. The zero-order valence-corrected chi connectivity index (χ0v) is 20.4. The summed E-state index contributed by atoms with van der Waals surface area (Å²) in [6.45, 7) is 6.24. The van der Waals surface area contributed by atoms with Gasteiger partial charge in [-0.25, -0.2) is 4.79 Å². The van der Waals surface area contributed by atoms with E-state index in [-0.39, 0.29) is 17.7 Å². The Morgan fingerprint density at radius 1 is 1.06 bits per heavy atom. The van der Waals surface area contributed by atoms with E-state index in [1.807, 2.05) is 23.1 Å². The standard InChI is InChI=1S/C26H29F2N3O4/c1-17(2)33-23-21(34-25(27)28)11-12-22(30-23)31(16-18-8-7-13-29-15-18)20-10-6-9-19(14-20)24(32)35-26(3,4)5/h6-15,17,25H,16H2,1-5H3. The van der Waals surface area contributed by atoms with E-state index in [2.05, 4.69) is 14.7 Å². The first-order chi connectivity index (χ1) is 16.5. The van der Waals surface area contributed by atoms with Crippen LogP contribution in [0.2, 0.25) is 0 Å². The van der Waals surface area contributed by atoms with E-state index in [9.17, 15) is 13.6 Å². The molecule has 0 bridgehead atoms. The lowest BCUT2D eigenvalue weighted by Crippen LogP contribution is -2.24. The number of alkyl halides is 2. The molecule has 7 nitrogen and oxygen atoms in total. The third-order valence-corrected chi connectivity index (χ3v) is 4.51. The zero-order chi connectivity index (χ0) is 25.6. The van der Waals surface area contributed by atoms with E-state index in [1.54, 1.807) is 71.3 Å². The highest BCUT2D eigenvalue weighted by molar-refractivity contribution is 5.91. The van der Waals surface area contributed by atoms with Crippen molar-refractivity contribution in [1.82, 2.24) is 9.97 Å². The smallest absolute Gasteiger partial charge is 0.387 e. The Kier molecular flexibility index (Phi) is 8.22. The number of halogens is 2. The van der Waals surface area contributed by atoms with Crippen molar-refractivity contribution in [2.24, 2.45) is 0 Å². The number of ether oxygens (including phenoxy) is 3. The van der Waals surface area contributed by atoms with Crippen LogP contribution in [0.4, 0.5) is 20.3 Å². The number of hydrogen-bond donors (Lipinski definition) is 0. The number of nitrogens with zero attached hydrogens (tertiary/aromatic N) is 3. The largest absolute Gasteiger partial charge is 0.472 e. The van der Waals surface area contributed by atoms with E-state index < -0.39 is 18.2 Å². The molecule has 0 fully saturated rings. The van der Waals surface area contributed by atoms with E-state index in [4.69, 9.17) is 9.47 Å². The molecule has 1 aromatic carbocycles. The Bertz CT molecular complexity index is 1130. The van der Waals surface area contributed by atoms with Crippen LogP contribution in [0.3, 0.4) is 0 Å². The number of aromatic nitrogens is 2. The summed E-state index contributed by atoms with van der Waals surface area (Å²) in [5.74, 6) is -0.274. The first kappa shape index (κ1) is 25.9. The van der Waals surface area contributed by atoms with Gasteiger partial charge in [0.1, 0.15) is 11.4 Å². The third-order valence-electron chi connectivity index (χ3n) is 4.51. The van der Waals surface area contributed by atoms with E-state index in [0.717, 1.165) is 5.56 Å².